The summed E-state index contributed by atoms with van der Waals surface area (Å²) in [7, 11) is 1.49. The molecular formula is C20H20ClN3O3. The lowest BCUT2D eigenvalue weighted by Crippen LogP contribution is -2.05. The number of nitrogens with two attached hydrogens (primary N) is 1. The van der Waals surface area contributed by atoms with Crippen LogP contribution in [-0.2, 0) is 16.3 Å². The third kappa shape index (κ3) is 6.27. The smallest absolute Gasteiger partial charge is 0.187 e. The van der Waals surface area contributed by atoms with Crippen LogP contribution in [0.25, 0.3) is 0 Å². The largest absolute Gasteiger partial charge is 0.399 e. The molecule has 6 nitrogen and oxygen atoms in total. The monoisotopic (exact) mass is 385 g/mol. The van der Waals surface area contributed by atoms with Gasteiger partial charge in [0, 0.05) is 27.8 Å². The van der Waals surface area contributed by atoms with E-state index in [0.717, 1.165) is 16.8 Å². The molecule has 0 aliphatic rings. The number of oxime groups is 2. The molecule has 0 radical (unpaired) electrons. The summed E-state index contributed by atoms with van der Waals surface area (Å²) >= 11 is 5.80. The predicted molar refractivity (Wildman–Crippen MR) is 107 cm³/mol. The first-order valence-electron chi connectivity index (χ1n) is 8.09. The summed E-state index contributed by atoms with van der Waals surface area (Å²) in [5, 5.41) is 8.30. The quantitative estimate of drug-likeness (QED) is 0.323. The van der Waals surface area contributed by atoms with Gasteiger partial charge in [0.25, 0.3) is 0 Å². The van der Waals surface area contributed by atoms with Gasteiger partial charge in [-0.25, -0.2) is 0 Å². The molecule has 0 atom stereocenters. The summed E-state index contributed by atoms with van der Waals surface area (Å²) in [6.45, 7) is 2.07. The van der Waals surface area contributed by atoms with Crippen LogP contribution in [0.2, 0.25) is 5.02 Å². The van der Waals surface area contributed by atoms with Gasteiger partial charge in [-0.3, -0.25) is 4.79 Å². The van der Waals surface area contributed by atoms with Crippen molar-refractivity contribution >= 4 is 29.3 Å². The van der Waals surface area contributed by atoms with Gasteiger partial charge in [0.2, 0.25) is 0 Å². The van der Waals surface area contributed by atoms with E-state index in [1.54, 1.807) is 24.3 Å². The summed E-state index contributed by atoms with van der Waals surface area (Å²) in [5.74, 6) is -0.243. The van der Waals surface area contributed by atoms with E-state index in [2.05, 4.69) is 10.3 Å². The first-order chi connectivity index (χ1) is 13.0. The van der Waals surface area contributed by atoms with Crippen molar-refractivity contribution in [3.05, 3.63) is 82.0 Å². The van der Waals surface area contributed by atoms with Gasteiger partial charge in [-0.15, -0.1) is 0 Å². The first kappa shape index (κ1) is 20.2. The number of ketones is 1. The highest BCUT2D eigenvalue weighted by atomic mass is 35.5. The lowest BCUT2D eigenvalue weighted by Gasteiger charge is -2.07. The lowest BCUT2D eigenvalue weighted by molar-refractivity contribution is 0.104. The average Bonchev–Trinajstić information content (AvgIpc) is 2.66. The normalized spacial score (nSPS) is 12.3. The molecule has 2 N–H and O–H groups in total. The van der Waals surface area contributed by atoms with E-state index in [1.165, 1.54) is 19.4 Å². The molecule has 140 valence electrons. The minimum Gasteiger partial charge on any atom is -0.399 e. The van der Waals surface area contributed by atoms with E-state index in [-0.39, 0.29) is 18.1 Å². The van der Waals surface area contributed by atoms with Crippen molar-refractivity contribution in [3.8, 4) is 0 Å². The molecule has 2 aromatic rings. The van der Waals surface area contributed by atoms with E-state index >= 15 is 0 Å². The van der Waals surface area contributed by atoms with Crippen molar-refractivity contribution in [3.63, 3.8) is 0 Å². The molecule has 0 amide bonds. The number of rotatable bonds is 8. The fraction of sp³-hybridized carbons (Fsp3) is 0.150. The maximum absolute atomic E-state index is 12.1. The fourth-order valence-electron chi connectivity index (χ4n) is 2.28. The average molecular weight is 386 g/mol. The highest BCUT2D eigenvalue weighted by molar-refractivity contribution is 6.30. The van der Waals surface area contributed by atoms with Gasteiger partial charge in [-0.2, -0.15) is 0 Å². The third-order valence-corrected chi connectivity index (χ3v) is 3.81. The molecule has 0 fully saturated rings. The third-order valence-electron chi connectivity index (χ3n) is 3.56. The second-order valence-electron chi connectivity index (χ2n) is 5.54. The van der Waals surface area contributed by atoms with Crippen molar-refractivity contribution in [1.82, 2.24) is 0 Å². The first-order valence-corrected chi connectivity index (χ1v) is 8.47. The van der Waals surface area contributed by atoms with Gasteiger partial charge >= 0.3 is 0 Å². The molecule has 2 rings (SSSR count). The Balaban J connectivity index is 1.97. The highest BCUT2D eigenvalue weighted by Crippen LogP contribution is 2.12. The molecule has 7 heteroatoms. The Morgan fingerprint density at radius 2 is 1.89 bits per heavy atom. The SMILES string of the molecule is CO/N=C(/C)c1ccccc1CO/N=C/C(N)=C/C(=O)c1ccc(Cl)cc1. The van der Waals surface area contributed by atoms with E-state index in [4.69, 9.17) is 27.0 Å². The molecule has 27 heavy (non-hydrogen) atoms. The Kier molecular flexibility index (Phi) is 7.58. The second kappa shape index (κ2) is 10.1. The summed E-state index contributed by atoms with van der Waals surface area (Å²) in [5.41, 5.74) is 8.98. The fourth-order valence-corrected chi connectivity index (χ4v) is 2.40. The lowest BCUT2D eigenvalue weighted by atomic mass is 10.0. The van der Waals surface area contributed by atoms with E-state index < -0.39 is 0 Å². The van der Waals surface area contributed by atoms with Crippen LogP contribution in [0.1, 0.15) is 28.4 Å². The number of carbonyl (C=O) groups is 1. The molecule has 2 aromatic carbocycles. The van der Waals surface area contributed by atoms with E-state index in [1.807, 2.05) is 31.2 Å². The van der Waals surface area contributed by atoms with Crippen molar-refractivity contribution < 1.29 is 14.5 Å². The molecule has 0 aromatic heterocycles. The van der Waals surface area contributed by atoms with Crippen LogP contribution >= 0.6 is 11.6 Å². The molecule has 0 unspecified atom stereocenters. The summed E-state index contributed by atoms with van der Waals surface area (Å²) in [4.78, 5) is 22.2. The van der Waals surface area contributed by atoms with Crippen LogP contribution in [-0.4, -0.2) is 24.8 Å². The minimum absolute atomic E-state index is 0.181. The maximum atomic E-state index is 12.1. The van der Waals surface area contributed by atoms with Crippen molar-refractivity contribution in [2.24, 2.45) is 16.0 Å². The zero-order valence-corrected chi connectivity index (χ0v) is 15.8. The Morgan fingerprint density at radius 3 is 2.59 bits per heavy atom. The zero-order chi connectivity index (χ0) is 19.6. The predicted octanol–water partition coefficient (Wildman–Crippen LogP) is 3.94. The second-order valence-corrected chi connectivity index (χ2v) is 5.98. The topological polar surface area (TPSA) is 86.3 Å². The van der Waals surface area contributed by atoms with Gasteiger partial charge in [0.05, 0.1) is 17.6 Å². The van der Waals surface area contributed by atoms with Crippen LogP contribution in [0.3, 0.4) is 0 Å². The number of halogens is 1. The van der Waals surface area contributed by atoms with Gasteiger partial charge in [0.15, 0.2) is 5.78 Å². The Bertz CT molecular complexity index is 874. The number of hydrogen-bond donors (Lipinski definition) is 1. The Hall–Kier alpha value is -3.12. The minimum atomic E-state index is -0.243. The van der Waals surface area contributed by atoms with Crippen molar-refractivity contribution in [1.29, 1.82) is 0 Å². The van der Waals surface area contributed by atoms with E-state index in [9.17, 15) is 4.79 Å². The zero-order valence-electron chi connectivity index (χ0n) is 15.1. The van der Waals surface area contributed by atoms with Gasteiger partial charge in [-0.1, -0.05) is 46.2 Å². The molecule has 0 aliphatic heterocycles. The molecule has 0 spiro atoms. The van der Waals surface area contributed by atoms with Crippen LogP contribution in [0.15, 0.2) is 70.6 Å². The molecule has 0 heterocycles. The number of nitrogens with zero attached hydrogens (tertiary/aromatic N) is 2. The molecule has 0 saturated carbocycles. The number of hydrogen-bond acceptors (Lipinski definition) is 6. The highest BCUT2D eigenvalue weighted by Gasteiger charge is 2.06. The summed E-state index contributed by atoms with van der Waals surface area (Å²) < 4.78 is 0. The molecule has 0 saturated heterocycles. The maximum Gasteiger partial charge on any atom is 0.187 e. The molecule has 0 aliphatic carbocycles. The van der Waals surface area contributed by atoms with Gasteiger partial charge in [0.1, 0.15) is 13.7 Å². The molecule has 0 bridgehead atoms. The van der Waals surface area contributed by atoms with Gasteiger partial charge in [-0.05, 0) is 31.2 Å². The van der Waals surface area contributed by atoms with Crippen molar-refractivity contribution in [2.45, 2.75) is 13.5 Å². The number of allylic oxidation sites excluding steroid dienone is 2. The summed E-state index contributed by atoms with van der Waals surface area (Å²) in [6, 6.07) is 14.2. The van der Waals surface area contributed by atoms with E-state index in [0.29, 0.717) is 10.6 Å². The van der Waals surface area contributed by atoms with Crippen LogP contribution in [0.5, 0.6) is 0 Å². The number of benzene rings is 2. The Labute approximate surface area is 162 Å². The summed E-state index contributed by atoms with van der Waals surface area (Å²) in [6.07, 6.45) is 2.56. The Morgan fingerprint density at radius 1 is 1.19 bits per heavy atom. The standard InChI is InChI=1S/C20H20ClN3O3/c1-14(24-26-2)19-6-4-3-5-16(19)13-27-23-12-18(22)11-20(25)15-7-9-17(21)10-8-15/h3-12H,13,22H2,1-2H3/b18-11-,23-12+,24-14-. The van der Waals surface area contributed by atoms with Crippen LogP contribution in [0.4, 0.5) is 0 Å². The van der Waals surface area contributed by atoms with Crippen LogP contribution in [0, 0.1) is 0 Å². The van der Waals surface area contributed by atoms with Crippen molar-refractivity contribution in [2.75, 3.05) is 7.11 Å². The number of carbonyl (C=O) groups excluding carboxylic acids is 1. The molecular weight excluding hydrogens is 366 g/mol. The van der Waals surface area contributed by atoms with Gasteiger partial charge < -0.3 is 15.4 Å². The van der Waals surface area contributed by atoms with Crippen LogP contribution < -0.4 is 5.73 Å².